The first-order chi connectivity index (χ1) is 7.33. The summed E-state index contributed by atoms with van der Waals surface area (Å²) in [6, 6.07) is 0. The van der Waals surface area contributed by atoms with Gasteiger partial charge in [0.15, 0.2) is 0 Å². The third-order valence-electron chi connectivity index (χ3n) is 2.37. The molecule has 1 atom stereocenters. The molecule has 0 saturated heterocycles. The van der Waals surface area contributed by atoms with Crippen LogP contribution in [0.25, 0.3) is 0 Å². The van der Waals surface area contributed by atoms with Crippen LogP contribution in [0.3, 0.4) is 0 Å². The Bertz CT molecular complexity index is 309. The first kappa shape index (κ1) is 23.5. The van der Waals surface area contributed by atoms with Gasteiger partial charge in [0.25, 0.3) is 0 Å². The molecule has 0 aliphatic heterocycles. The Morgan fingerprint density at radius 3 is 2.33 bits per heavy atom. The molecule has 0 aromatic heterocycles. The van der Waals surface area contributed by atoms with E-state index in [-0.39, 0.29) is 60.5 Å². The van der Waals surface area contributed by atoms with E-state index in [9.17, 15) is 0 Å². The van der Waals surface area contributed by atoms with Gasteiger partial charge in [-0.2, -0.15) is 12.2 Å². The molecule has 0 heterocycles. The molecule has 0 N–H and O–H groups in total. The van der Waals surface area contributed by atoms with E-state index in [4.69, 9.17) is 0 Å². The fourth-order valence-corrected chi connectivity index (χ4v) is 2.83. The predicted molar refractivity (Wildman–Crippen MR) is 84.7 cm³/mol. The summed E-state index contributed by atoms with van der Waals surface area (Å²) in [5, 5.41) is 1.58. The van der Waals surface area contributed by atoms with Gasteiger partial charge in [-0.3, -0.25) is 12.2 Å². The van der Waals surface area contributed by atoms with Crippen LogP contribution in [0.4, 0.5) is 0 Å². The summed E-state index contributed by atoms with van der Waals surface area (Å²) in [4.78, 5) is 0. The van der Waals surface area contributed by atoms with Crippen molar-refractivity contribution in [3.63, 3.8) is 0 Å². The fraction of sp³-hybridized carbons (Fsp3) is 0.286. The van der Waals surface area contributed by atoms with Gasteiger partial charge in [0.1, 0.15) is 0 Å². The van der Waals surface area contributed by atoms with Crippen molar-refractivity contribution in [2.75, 3.05) is 0 Å². The second-order valence-corrected chi connectivity index (χ2v) is 6.07. The largest absolute Gasteiger partial charge is 2.00 e. The first-order valence-corrected chi connectivity index (χ1v) is 6.95. The SMILES string of the molecule is CC=C(C)[SiH2]C1[C-]=CC=C1.Cl.Cl.[C-]1=CC=CC1.[Zr+2]. The van der Waals surface area contributed by atoms with Crippen LogP contribution in [-0.4, -0.2) is 9.52 Å². The Hall–Kier alpha value is 0.380. The van der Waals surface area contributed by atoms with Gasteiger partial charge in [-0.1, -0.05) is 11.3 Å². The van der Waals surface area contributed by atoms with E-state index >= 15 is 0 Å². The van der Waals surface area contributed by atoms with E-state index in [1.807, 2.05) is 18.2 Å². The molecule has 0 aromatic carbocycles. The molecule has 1 unspecified atom stereocenters. The van der Waals surface area contributed by atoms with Crippen molar-refractivity contribution >= 4 is 34.3 Å². The first-order valence-electron chi connectivity index (χ1n) is 5.42. The molecule has 18 heavy (non-hydrogen) atoms. The molecule has 2 aliphatic carbocycles. The molecule has 98 valence electrons. The number of hydrogen-bond acceptors (Lipinski definition) is 0. The number of halogens is 2. The second-order valence-electron chi connectivity index (χ2n) is 3.67. The maximum Gasteiger partial charge on any atom is 2.00 e. The van der Waals surface area contributed by atoms with Crippen LogP contribution in [-0.2, 0) is 26.2 Å². The van der Waals surface area contributed by atoms with Crippen LogP contribution in [0.1, 0.15) is 20.3 Å². The molecule has 0 nitrogen and oxygen atoms in total. The van der Waals surface area contributed by atoms with Gasteiger partial charge in [0, 0.05) is 9.52 Å². The van der Waals surface area contributed by atoms with Gasteiger partial charge in [-0.05, 0) is 13.8 Å². The summed E-state index contributed by atoms with van der Waals surface area (Å²) in [6.45, 7) is 4.34. The molecule has 2 aliphatic rings. The maximum atomic E-state index is 3.31. The van der Waals surface area contributed by atoms with E-state index in [1.165, 1.54) is 0 Å². The van der Waals surface area contributed by atoms with Gasteiger partial charge in [0.05, 0.1) is 0 Å². The molecule has 0 bridgehead atoms. The predicted octanol–water partition coefficient (Wildman–Crippen LogP) is 3.94. The van der Waals surface area contributed by atoms with Gasteiger partial charge in [-0.15, -0.1) is 36.8 Å². The Balaban J connectivity index is -0.000000245. The van der Waals surface area contributed by atoms with E-state index in [1.54, 1.807) is 5.20 Å². The van der Waals surface area contributed by atoms with Gasteiger partial charge in [-0.25, -0.2) is 24.3 Å². The molecule has 4 heteroatoms. The van der Waals surface area contributed by atoms with Crippen molar-refractivity contribution in [1.82, 2.24) is 0 Å². The summed E-state index contributed by atoms with van der Waals surface area (Å²) < 4.78 is 0. The summed E-state index contributed by atoms with van der Waals surface area (Å²) >= 11 is 0. The van der Waals surface area contributed by atoms with Crippen LogP contribution < -0.4 is 0 Å². The topological polar surface area (TPSA) is 0 Å². The molecule has 0 spiro atoms. The molecule has 0 aromatic rings. The third-order valence-corrected chi connectivity index (χ3v) is 4.37. The van der Waals surface area contributed by atoms with Crippen molar-refractivity contribution in [1.29, 1.82) is 0 Å². The number of allylic oxidation sites excluding steroid dienone is 10. The Morgan fingerprint density at radius 2 is 2.00 bits per heavy atom. The average molecular weight is 379 g/mol. The van der Waals surface area contributed by atoms with E-state index < -0.39 is 0 Å². The Kier molecular flexibility index (Phi) is 20.1. The minimum atomic E-state index is -0.0559. The quantitative estimate of drug-likeness (QED) is 0.504. The van der Waals surface area contributed by atoms with E-state index in [0.717, 1.165) is 6.42 Å². The summed E-state index contributed by atoms with van der Waals surface area (Å²) in [5.41, 5.74) is 0.677. The summed E-state index contributed by atoms with van der Waals surface area (Å²) in [6.07, 6.45) is 21.9. The van der Waals surface area contributed by atoms with Crippen LogP contribution in [0.5, 0.6) is 0 Å². The summed E-state index contributed by atoms with van der Waals surface area (Å²) in [7, 11) is -0.0559. The van der Waals surface area contributed by atoms with E-state index in [2.05, 4.69) is 50.3 Å². The minimum Gasteiger partial charge on any atom is -0.273 e. The molecule has 0 saturated carbocycles. The Labute approximate surface area is 145 Å². The third kappa shape index (κ3) is 11.5. The normalized spacial score (nSPS) is 19.0. The molecule has 2 rings (SSSR count). The standard InChI is InChI=1S/C9H13Si.C5H5.2ClH.Zr/c1-3-8(2)10-9-6-4-5-7-9;1-2-4-5-3-1;;;/h3-6,9H,10H2,1-2H3;1-3H,4H2;2*1H;/q2*-1;;;+2. The smallest absolute Gasteiger partial charge is 0.273 e. The van der Waals surface area contributed by atoms with Crippen molar-refractivity contribution < 1.29 is 26.2 Å². The van der Waals surface area contributed by atoms with Crippen molar-refractivity contribution in [3.05, 3.63) is 59.9 Å². The number of hydrogen-bond donors (Lipinski definition) is 0. The van der Waals surface area contributed by atoms with Crippen molar-refractivity contribution in [3.8, 4) is 0 Å². The zero-order valence-corrected chi connectivity index (χ0v) is 16.4. The molecule has 0 amide bonds. The van der Waals surface area contributed by atoms with Crippen LogP contribution in [0, 0.1) is 12.2 Å². The summed E-state index contributed by atoms with van der Waals surface area (Å²) in [5.74, 6) is 0. The number of rotatable bonds is 2. The zero-order valence-electron chi connectivity index (χ0n) is 10.8. The van der Waals surface area contributed by atoms with Crippen LogP contribution in [0.15, 0.2) is 47.7 Å². The van der Waals surface area contributed by atoms with Crippen molar-refractivity contribution in [2.24, 2.45) is 0 Å². The molecular formula is C14H20Cl2SiZr. The van der Waals surface area contributed by atoms with Crippen LogP contribution in [0.2, 0.25) is 5.54 Å². The monoisotopic (exact) mass is 376 g/mol. The van der Waals surface area contributed by atoms with Crippen LogP contribution >= 0.6 is 24.8 Å². The van der Waals surface area contributed by atoms with E-state index in [0.29, 0.717) is 5.54 Å². The van der Waals surface area contributed by atoms with Gasteiger partial charge >= 0.3 is 26.2 Å². The molecular weight excluding hydrogens is 358 g/mol. The minimum absolute atomic E-state index is 0. The zero-order chi connectivity index (χ0) is 10.9. The molecule has 0 radical (unpaired) electrons. The van der Waals surface area contributed by atoms with Gasteiger partial charge < -0.3 is 0 Å². The fourth-order valence-electron chi connectivity index (χ4n) is 1.36. The van der Waals surface area contributed by atoms with Crippen molar-refractivity contribution in [2.45, 2.75) is 25.8 Å². The average Bonchev–Trinajstić information content (AvgIpc) is 2.92. The molecule has 0 fully saturated rings. The maximum absolute atomic E-state index is 3.31. The second kappa shape index (κ2) is 15.4. The van der Waals surface area contributed by atoms with Gasteiger partial charge in [0.2, 0.25) is 0 Å². The Morgan fingerprint density at radius 1 is 1.28 bits per heavy atom.